The summed E-state index contributed by atoms with van der Waals surface area (Å²) in [5.41, 5.74) is 6.89. The molecule has 6 heteroatoms. The van der Waals surface area contributed by atoms with Crippen LogP contribution in [0.5, 0.6) is 5.75 Å². The van der Waals surface area contributed by atoms with E-state index in [1.807, 2.05) is 18.2 Å². The van der Waals surface area contributed by atoms with Crippen LogP contribution < -0.4 is 15.8 Å². The first-order chi connectivity index (χ1) is 11.1. The molecule has 1 saturated heterocycles. The maximum absolute atomic E-state index is 6.23. The molecule has 0 atom stereocenters. The number of aliphatic imine (C=N–C) groups is 1. The first kappa shape index (κ1) is 17.9. The molecule has 0 aromatic heterocycles. The minimum atomic E-state index is -0.160. The highest BCUT2D eigenvalue weighted by atomic mass is 35.5. The number of benzene rings is 1. The number of hydrogen-bond donors (Lipinski definition) is 2. The van der Waals surface area contributed by atoms with Gasteiger partial charge < -0.3 is 20.5 Å². The molecule has 1 aromatic carbocycles. The first-order valence-corrected chi connectivity index (χ1v) is 8.44. The van der Waals surface area contributed by atoms with E-state index in [1.165, 1.54) is 0 Å². The number of nitrogens with two attached hydrogens (primary N) is 1. The molecule has 1 aliphatic rings. The molecular weight excluding hydrogens is 314 g/mol. The third-order valence-electron chi connectivity index (χ3n) is 4.29. The van der Waals surface area contributed by atoms with E-state index >= 15 is 0 Å². The van der Waals surface area contributed by atoms with Crippen molar-refractivity contribution in [2.24, 2.45) is 10.7 Å². The predicted octanol–water partition coefficient (Wildman–Crippen LogP) is 2.71. The van der Waals surface area contributed by atoms with Crippen LogP contribution in [0.2, 0.25) is 5.02 Å². The Hall–Kier alpha value is -1.46. The number of nitrogens with one attached hydrogen (secondary N) is 1. The molecule has 0 saturated carbocycles. The Morgan fingerprint density at radius 1 is 1.43 bits per heavy atom. The molecule has 0 bridgehead atoms. The van der Waals surface area contributed by atoms with Crippen molar-refractivity contribution in [3.63, 3.8) is 0 Å². The highest BCUT2D eigenvalue weighted by Gasteiger charge is 2.37. The number of guanidine groups is 1. The van der Waals surface area contributed by atoms with Crippen LogP contribution in [0.15, 0.2) is 23.2 Å². The van der Waals surface area contributed by atoms with Gasteiger partial charge in [-0.3, -0.25) is 4.99 Å². The van der Waals surface area contributed by atoms with Crippen LogP contribution in [0.4, 0.5) is 0 Å². The van der Waals surface area contributed by atoms with E-state index in [-0.39, 0.29) is 5.41 Å². The van der Waals surface area contributed by atoms with Gasteiger partial charge in [0.05, 0.1) is 13.7 Å². The molecule has 0 unspecified atom stereocenters. The molecule has 128 valence electrons. The molecule has 3 N–H and O–H groups in total. The first-order valence-electron chi connectivity index (χ1n) is 8.07. The summed E-state index contributed by atoms with van der Waals surface area (Å²) in [5, 5.41) is 3.82. The number of rotatable bonds is 6. The Balaban J connectivity index is 2.30. The zero-order valence-electron chi connectivity index (χ0n) is 13.9. The lowest BCUT2D eigenvalue weighted by Gasteiger charge is -2.37. The second kappa shape index (κ2) is 8.41. The molecule has 1 aliphatic heterocycles. The van der Waals surface area contributed by atoms with E-state index in [0.29, 0.717) is 30.7 Å². The lowest BCUT2D eigenvalue weighted by atomic mass is 9.73. The maximum atomic E-state index is 6.23. The third kappa shape index (κ3) is 4.52. The summed E-state index contributed by atoms with van der Waals surface area (Å²) in [6.07, 6.45) is 2.75. The summed E-state index contributed by atoms with van der Waals surface area (Å²) >= 11 is 6.23. The second-order valence-corrected chi connectivity index (χ2v) is 6.30. The number of halogens is 1. The predicted molar refractivity (Wildman–Crippen MR) is 94.5 cm³/mol. The van der Waals surface area contributed by atoms with Crippen LogP contribution in [-0.2, 0) is 10.2 Å². The van der Waals surface area contributed by atoms with Gasteiger partial charge in [-0.15, -0.1) is 0 Å². The zero-order valence-corrected chi connectivity index (χ0v) is 14.7. The summed E-state index contributed by atoms with van der Waals surface area (Å²) < 4.78 is 11.1. The molecule has 0 spiro atoms. The fourth-order valence-corrected chi connectivity index (χ4v) is 3.09. The quantitative estimate of drug-likeness (QED) is 0.617. The summed E-state index contributed by atoms with van der Waals surface area (Å²) in [7, 11) is 1.68. The van der Waals surface area contributed by atoms with Gasteiger partial charge in [0, 0.05) is 35.8 Å². The zero-order chi connectivity index (χ0) is 16.7. The molecule has 1 fully saturated rings. The van der Waals surface area contributed by atoms with Crippen LogP contribution in [0, 0.1) is 0 Å². The maximum Gasteiger partial charge on any atom is 0.188 e. The van der Waals surface area contributed by atoms with Crippen molar-refractivity contribution in [1.82, 2.24) is 5.32 Å². The van der Waals surface area contributed by atoms with Gasteiger partial charge in [0.15, 0.2) is 5.96 Å². The number of methoxy groups -OCH3 is 1. The van der Waals surface area contributed by atoms with E-state index in [9.17, 15) is 0 Å². The van der Waals surface area contributed by atoms with E-state index in [0.717, 1.165) is 37.1 Å². The Bertz CT molecular complexity index is 543. The van der Waals surface area contributed by atoms with Crippen molar-refractivity contribution in [2.45, 2.75) is 31.6 Å². The molecule has 23 heavy (non-hydrogen) atoms. The van der Waals surface area contributed by atoms with Crippen molar-refractivity contribution in [2.75, 3.05) is 33.4 Å². The van der Waals surface area contributed by atoms with Crippen molar-refractivity contribution in [3.05, 3.63) is 28.8 Å². The van der Waals surface area contributed by atoms with Crippen LogP contribution in [0.3, 0.4) is 0 Å². The van der Waals surface area contributed by atoms with Crippen LogP contribution in [0.1, 0.15) is 31.7 Å². The van der Waals surface area contributed by atoms with Crippen molar-refractivity contribution >= 4 is 17.6 Å². The van der Waals surface area contributed by atoms with Crippen LogP contribution >= 0.6 is 11.6 Å². The van der Waals surface area contributed by atoms with E-state index in [1.54, 1.807) is 7.11 Å². The van der Waals surface area contributed by atoms with Gasteiger partial charge in [0.25, 0.3) is 0 Å². The van der Waals surface area contributed by atoms with Crippen LogP contribution in [0.25, 0.3) is 0 Å². The molecule has 1 aromatic rings. The Morgan fingerprint density at radius 2 is 2.17 bits per heavy atom. The Kier molecular flexibility index (Phi) is 6.54. The molecular formula is C17H26ClN3O2. The Labute approximate surface area is 143 Å². The SMILES string of the molecule is CCCNC(N)=NCC1(c2cc(Cl)ccc2OC)CCOCC1. The van der Waals surface area contributed by atoms with Gasteiger partial charge in [-0.1, -0.05) is 18.5 Å². The number of ether oxygens (including phenoxy) is 2. The molecule has 1 heterocycles. The fraction of sp³-hybridized carbons (Fsp3) is 0.588. The van der Waals surface area contributed by atoms with Gasteiger partial charge in [0.2, 0.25) is 0 Å². The van der Waals surface area contributed by atoms with Crippen molar-refractivity contribution < 1.29 is 9.47 Å². The topological polar surface area (TPSA) is 68.9 Å². The van der Waals surface area contributed by atoms with Crippen LogP contribution in [-0.4, -0.2) is 39.4 Å². The van der Waals surface area contributed by atoms with E-state index in [4.69, 9.17) is 26.8 Å². The smallest absolute Gasteiger partial charge is 0.188 e. The van der Waals surface area contributed by atoms with Gasteiger partial charge in [0.1, 0.15) is 5.75 Å². The molecule has 2 rings (SSSR count). The molecule has 0 amide bonds. The molecule has 0 aliphatic carbocycles. The van der Waals surface area contributed by atoms with Crippen molar-refractivity contribution in [1.29, 1.82) is 0 Å². The van der Waals surface area contributed by atoms with Crippen molar-refractivity contribution in [3.8, 4) is 5.75 Å². The summed E-state index contributed by atoms with van der Waals surface area (Å²) in [6, 6.07) is 5.74. The monoisotopic (exact) mass is 339 g/mol. The van der Waals surface area contributed by atoms with Gasteiger partial charge in [-0.25, -0.2) is 0 Å². The van der Waals surface area contributed by atoms with Gasteiger partial charge in [-0.2, -0.15) is 0 Å². The standard InChI is InChI=1S/C17H26ClN3O2/c1-3-8-20-16(19)21-12-17(6-9-23-10-7-17)14-11-13(18)4-5-15(14)22-2/h4-5,11H,3,6-10,12H2,1-2H3,(H3,19,20,21). The lowest BCUT2D eigenvalue weighted by molar-refractivity contribution is 0.0523. The van der Waals surface area contributed by atoms with E-state index < -0.39 is 0 Å². The highest BCUT2D eigenvalue weighted by molar-refractivity contribution is 6.30. The Morgan fingerprint density at radius 3 is 2.83 bits per heavy atom. The largest absolute Gasteiger partial charge is 0.496 e. The molecule has 0 radical (unpaired) electrons. The number of hydrogen-bond acceptors (Lipinski definition) is 3. The minimum absolute atomic E-state index is 0.160. The van der Waals surface area contributed by atoms with Gasteiger partial charge in [-0.05, 0) is 37.5 Å². The minimum Gasteiger partial charge on any atom is -0.496 e. The fourth-order valence-electron chi connectivity index (χ4n) is 2.91. The average molecular weight is 340 g/mol. The normalized spacial score (nSPS) is 17.8. The average Bonchev–Trinajstić information content (AvgIpc) is 2.59. The van der Waals surface area contributed by atoms with E-state index in [2.05, 4.69) is 17.2 Å². The molecule has 5 nitrogen and oxygen atoms in total. The van der Waals surface area contributed by atoms with Gasteiger partial charge >= 0.3 is 0 Å². The lowest BCUT2D eigenvalue weighted by Crippen LogP contribution is -2.39. The summed E-state index contributed by atoms with van der Waals surface area (Å²) in [4.78, 5) is 4.57. The highest BCUT2D eigenvalue weighted by Crippen LogP contribution is 2.41. The summed E-state index contributed by atoms with van der Waals surface area (Å²) in [5.74, 6) is 1.32. The third-order valence-corrected chi connectivity index (χ3v) is 4.53. The second-order valence-electron chi connectivity index (χ2n) is 5.87. The number of nitrogens with zero attached hydrogens (tertiary/aromatic N) is 1. The summed E-state index contributed by atoms with van der Waals surface area (Å²) in [6.45, 7) is 4.92.